The molecule has 3 aromatic rings. The van der Waals surface area contributed by atoms with Crippen LogP contribution < -0.4 is 0 Å². The molecule has 5 heteroatoms. The summed E-state index contributed by atoms with van der Waals surface area (Å²) in [4.78, 5) is 0. The van der Waals surface area contributed by atoms with Gasteiger partial charge in [-0.15, -0.1) is 5.10 Å². The number of hydrogen-bond acceptors (Lipinski definition) is 3. The zero-order chi connectivity index (χ0) is 18.0. The largest absolute Gasteiger partial charge is 0.375 e. The summed E-state index contributed by atoms with van der Waals surface area (Å²) in [5.74, 6) is 0. The summed E-state index contributed by atoms with van der Waals surface area (Å²) in [5.41, 5.74) is 2.08. The predicted octanol–water partition coefficient (Wildman–Crippen LogP) is 4.21. The van der Waals surface area contributed by atoms with Crippen LogP contribution in [0.2, 0.25) is 0 Å². The van der Waals surface area contributed by atoms with Crippen LogP contribution in [0.4, 0.5) is 0 Å². The van der Waals surface area contributed by atoms with Crippen LogP contribution >= 0.6 is 15.9 Å². The smallest absolute Gasteiger partial charge is 0.157 e. The Morgan fingerprint density at radius 1 is 1.08 bits per heavy atom. The van der Waals surface area contributed by atoms with Crippen molar-refractivity contribution in [2.75, 3.05) is 0 Å². The highest BCUT2D eigenvalue weighted by Crippen LogP contribution is 2.38. The summed E-state index contributed by atoms with van der Waals surface area (Å²) in [5, 5.41) is 20.2. The first-order valence-electron chi connectivity index (χ1n) is 8.45. The second-order valence-electron chi connectivity index (χ2n) is 6.33. The number of aliphatic hydroxyl groups is 1. The molecule has 4 rings (SSSR count). The summed E-state index contributed by atoms with van der Waals surface area (Å²) in [6.45, 7) is 0.600. The number of aromatic nitrogens is 3. The zero-order valence-electron chi connectivity index (χ0n) is 14.1. The fraction of sp³-hybridized carbons (Fsp3) is 0.143. The molecule has 1 unspecified atom stereocenters. The Morgan fingerprint density at radius 2 is 1.85 bits per heavy atom. The first-order valence-corrected chi connectivity index (χ1v) is 9.25. The van der Waals surface area contributed by atoms with Crippen LogP contribution in [-0.2, 0) is 12.1 Å². The maximum atomic E-state index is 11.6. The average molecular weight is 408 g/mol. The first-order chi connectivity index (χ1) is 12.7. The maximum absolute atomic E-state index is 11.6. The van der Waals surface area contributed by atoms with Gasteiger partial charge >= 0.3 is 0 Å². The van der Waals surface area contributed by atoms with Crippen LogP contribution in [0.5, 0.6) is 0 Å². The van der Waals surface area contributed by atoms with E-state index >= 15 is 0 Å². The lowest BCUT2D eigenvalue weighted by Crippen LogP contribution is -2.30. The molecule has 0 saturated carbocycles. The molecule has 1 N–H and O–H groups in total. The Morgan fingerprint density at radius 3 is 2.54 bits per heavy atom. The molecule has 1 aromatic heterocycles. The van der Waals surface area contributed by atoms with Crippen LogP contribution in [0.25, 0.3) is 0 Å². The monoisotopic (exact) mass is 407 g/mol. The van der Waals surface area contributed by atoms with E-state index in [1.807, 2.05) is 79.0 Å². The molecular formula is C21H18BrN3O. The van der Waals surface area contributed by atoms with E-state index in [1.165, 1.54) is 0 Å². The third-order valence-electron chi connectivity index (χ3n) is 4.59. The van der Waals surface area contributed by atoms with Crippen molar-refractivity contribution in [1.29, 1.82) is 0 Å². The lowest BCUT2D eigenvalue weighted by atomic mass is 9.83. The molecule has 1 atom stereocenters. The average Bonchev–Trinajstić information content (AvgIpc) is 3.36. The Bertz CT molecular complexity index is 960. The van der Waals surface area contributed by atoms with Crippen LogP contribution in [0.3, 0.4) is 0 Å². The van der Waals surface area contributed by atoms with Crippen molar-refractivity contribution >= 4 is 15.9 Å². The molecule has 2 aromatic carbocycles. The van der Waals surface area contributed by atoms with Crippen molar-refractivity contribution < 1.29 is 5.11 Å². The van der Waals surface area contributed by atoms with Gasteiger partial charge in [-0.1, -0.05) is 81.8 Å². The van der Waals surface area contributed by atoms with Gasteiger partial charge in [-0.05, 0) is 35.3 Å². The van der Waals surface area contributed by atoms with Crippen molar-refractivity contribution in [3.8, 4) is 0 Å². The van der Waals surface area contributed by atoms with Gasteiger partial charge in [0.2, 0.25) is 0 Å². The third-order valence-corrected chi connectivity index (χ3v) is 5.12. The highest BCUT2D eigenvalue weighted by atomic mass is 79.9. The standard InChI is InChI=1S/C21H18BrN3O/c22-19-12-10-16(11-13-19)14-25-15-20(23-24-25)21(26,18-8-4-5-9-18)17-6-2-1-3-7-17/h1-8,10-13,15,26H,9,14H2. The topological polar surface area (TPSA) is 50.9 Å². The molecule has 4 nitrogen and oxygen atoms in total. The molecular weight excluding hydrogens is 390 g/mol. The Balaban J connectivity index is 1.69. The lowest BCUT2D eigenvalue weighted by molar-refractivity contribution is 0.114. The second kappa shape index (κ2) is 7.02. The van der Waals surface area contributed by atoms with Crippen molar-refractivity contribution in [2.45, 2.75) is 18.6 Å². The fourth-order valence-corrected chi connectivity index (χ4v) is 3.48. The predicted molar refractivity (Wildman–Crippen MR) is 105 cm³/mol. The van der Waals surface area contributed by atoms with E-state index in [4.69, 9.17) is 0 Å². The SMILES string of the molecule is OC(C1=CC=CC1)(c1ccccc1)c1cn(Cc2ccc(Br)cc2)nn1. The van der Waals surface area contributed by atoms with Gasteiger partial charge < -0.3 is 5.11 Å². The number of benzene rings is 2. The molecule has 1 aliphatic rings. The molecule has 0 bridgehead atoms. The molecule has 0 radical (unpaired) electrons. The van der Waals surface area contributed by atoms with E-state index in [1.54, 1.807) is 4.68 Å². The normalized spacial score (nSPS) is 15.7. The van der Waals surface area contributed by atoms with E-state index in [-0.39, 0.29) is 0 Å². The summed E-state index contributed by atoms with van der Waals surface area (Å²) < 4.78 is 2.80. The minimum atomic E-state index is -1.28. The highest BCUT2D eigenvalue weighted by molar-refractivity contribution is 9.10. The van der Waals surface area contributed by atoms with Gasteiger partial charge in [-0.2, -0.15) is 0 Å². The van der Waals surface area contributed by atoms with Crippen molar-refractivity contribution in [2.24, 2.45) is 0 Å². The van der Waals surface area contributed by atoms with Gasteiger partial charge in [-0.3, -0.25) is 0 Å². The maximum Gasteiger partial charge on any atom is 0.157 e. The van der Waals surface area contributed by atoms with E-state index in [0.29, 0.717) is 18.7 Å². The summed E-state index contributed by atoms with van der Waals surface area (Å²) in [6.07, 6.45) is 8.49. The minimum absolute atomic E-state index is 0.538. The molecule has 0 saturated heterocycles. The minimum Gasteiger partial charge on any atom is -0.375 e. The molecule has 0 amide bonds. The molecule has 26 heavy (non-hydrogen) atoms. The van der Waals surface area contributed by atoms with E-state index in [9.17, 15) is 5.11 Å². The number of halogens is 1. The van der Waals surface area contributed by atoms with Gasteiger partial charge in [0.15, 0.2) is 5.60 Å². The van der Waals surface area contributed by atoms with Crippen LogP contribution in [-0.4, -0.2) is 20.1 Å². The molecule has 1 heterocycles. The van der Waals surface area contributed by atoms with Gasteiger partial charge in [0, 0.05) is 4.47 Å². The zero-order valence-corrected chi connectivity index (χ0v) is 15.7. The van der Waals surface area contributed by atoms with Crippen LogP contribution in [0.15, 0.2) is 89.1 Å². The van der Waals surface area contributed by atoms with Gasteiger partial charge in [0.1, 0.15) is 5.69 Å². The fourth-order valence-electron chi connectivity index (χ4n) is 3.21. The Hall–Kier alpha value is -2.50. The third kappa shape index (κ3) is 3.16. The van der Waals surface area contributed by atoms with Crippen molar-refractivity contribution in [3.05, 3.63) is 106 Å². The van der Waals surface area contributed by atoms with Crippen LogP contribution in [0, 0.1) is 0 Å². The molecule has 130 valence electrons. The highest BCUT2D eigenvalue weighted by Gasteiger charge is 2.38. The van der Waals surface area contributed by atoms with Crippen molar-refractivity contribution in [1.82, 2.24) is 15.0 Å². The van der Waals surface area contributed by atoms with Crippen molar-refractivity contribution in [3.63, 3.8) is 0 Å². The number of nitrogens with zero attached hydrogens (tertiary/aromatic N) is 3. The number of hydrogen-bond donors (Lipinski definition) is 1. The summed E-state index contributed by atoms with van der Waals surface area (Å²) >= 11 is 3.44. The summed E-state index contributed by atoms with van der Waals surface area (Å²) in [7, 11) is 0. The number of rotatable bonds is 5. The molecule has 0 fully saturated rings. The second-order valence-corrected chi connectivity index (χ2v) is 7.24. The van der Waals surface area contributed by atoms with Gasteiger partial charge in [-0.25, -0.2) is 4.68 Å². The van der Waals surface area contributed by atoms with E-state index in [0.717, 1.165) is 21.2 Å². The Kier molecular flexibility index (Phi) is 4.57. The van der Waals surface area contributed by atoms with E-state index in [2.05, 4.69) is 26.2 Å². The summed E-state index contributed by atoms with van der Waals surface area (Å²) in [6, 6.07) is 17.7. The van der Waals surface area contributed by atoms with Gasteiger partial charge in [0.05, 0.1) is 12.7 Å². The molecule has 0 spiro atoms. The molecule has 0 aliphatic heterocycles. The molecule has 1 aliphatic carbocycles. The van der Waals surface area contributed by atoms with Gasteiger partial charge in [0.25, 0.3) is 0 Å². The van der Waals surface area contributed by atoms with Crippen LogP contribution in [0.1, 0.15) is 23.2 Å². The lowest BCUT2D eigenvalue weighted by Gasteiger charge is -2.28. The number of allylic oxidation sites excluding steroid dienone is 3. The first kappa shape index (κ1) is 16.9. The quantitative estimate of drug-likeness (QED) is 0.688. The Labute approximate surface area is 160 Å². The van der Waals surface area contributed by atoms with E-state index < -0.39 is 5.60 Å².